The van der Waals surface area contributed by atoms with E-state index in [1.165, 1.54) is 89.9 Å². The Balaban J connectivity index is 4.35. The summed E-state index contributed by atoms with van der Waals surface area (Å²) >= 11 is 0. The zero-order valence-corrected chi connectivity index (χ0v) is 35.2. The lowest BCUT2D eigenvalue weighted by Crippen LogP contribution is -2.37. The van der Waals surface area contributed by atoms with Crippen LogP contribution >= 0.6 is 7.82 Å². The molecule has 9 nitrogen and oxygen atoms in total. The number of phosphoric acid groups is 1. The van der Waals surface area contributed by atoms with E-state index in [2.05, 4.69) is 38.2 Å². The van der Waals surface area contributed by atoms with Crippen LogP contribution in [0.5, 0.6) is 0 Å². The van der Waals surface area contributed by atoms with Crippen LogP contribution in [0.15, 0.2) is 24.3 Å². The number of allylic oxidation sites excluding steroid dienone is 4. The third kappa shape index (κ3) is 38.2. The summed E-state index contributed by atoms with van der Waals surface area (Å²) in [5, 5.41) is 0. The highest BCUT2D eigenvalue weighted by Gasteiger charge is 2.21. The number of hydrogen-bond donors (Lipinski definition) is 0. The van der Waals surface area contributed by atoms with E-state index >= 15 is 0 Å². The fourth-order valence-corrected chi connectivity index (χ4v) is 6.35. The number of carbonyl (C=O) groups is 2. The van der Waals surface area contributed by atoms with Crippen LogP contribution < -0.4 is 4.89 Å². The molecule has 0 bridgehead atoms. The highest BCUT2D eigenvalue weighted by molar-refractivity contribution is 7.45. The van der Waals surface area contributed by atoms with Crippen molar-refractivity contribution in [1.29, 1.82) is 0 Å². The summed E-state index contributed by atoms with van der Waals surface area (Å²) in [6.07, 6.45) is 36.3. The fraction of sp³-hybridized carbons (Fsp3) is 0.857. The topological polar surface area (TPSA) is 111 Å². The minimum Gasteiger partial charge on any atom is -0.756 e. The largest absolute Gasteiger partial charge is 0.756 e. The molecule has 0 amide bonds. The Hall–Kier alpha value is -1.51. The molecule has 0 fully saturated rings. The quantitative estimate of drug-likeness (QED) is 0.0201. The third-order valence-corrected chi connectivity index (χ3v) is 9.94. The lowest BCUT2D eigenvalue weighted by Gasteiger charge is -2.28. The Bertz CT molecular complexity index is 949. The van der Waals surface area contributed by atoms with Crippen molar-refractivity contribution >= 4 is 19.8 Å². The number of ether oxygens (including phenoxy) is 2. The lowest BCUT2D eigenvalue weighted by atomic mass is 10.1. The monoisotopic (exact) mass is 758 g/mol. The van der Waals surface area contributed by atoms with E-state index in [4.69, 9.17) is 18.5 Å². The lowest BCUT2D eigenvalue weighted by molar-refractivity contribution is -0.870. The van der Waals surface area contributed by atoms with Crippen LogP contribution in [0.2, 0.25) is 0 Å². The normalized spacial score (nSPS) is 13.9. The number of nitrogens with zero attached hydrogens (tertiary/aromatic N) is 1. The first-order valence-corrected chi connectivity index (χ1v) is 22.5. The van der Waals surface area contributed by atoms with Gasteiger partial charge in [-0.1, -0.05) is 147 Å². The van der Waals surface area contributed by atoms with Crippen LogP contribution in [-0.2, 0) is 32.7 Å². The van der Waals surface area contributed by atoms with Crippen LogP contribution in [0.3, 0.4) is 0 Å². The van der Waals surface area contributed by atoms with Crippen LogP contribution in [0.1, 0.15) is 181 Å². The van der Waals surface area contributed by atoms with Crippen molar-refractivity contribution in [2.24, 2.45) is 0 Å². The van der Waals surface area contributed by atoms with Gasteiger partial charge in [-0.2, -0.15) is 0 Å². The van der Waals surface area contributed by atoms with Crippen molar-refractivity contribution in [2.75, 3.05) is 47.5 Å². The second-order valence-corrected chi connectivity index (χ2v) is 16.8. The second-order valence-electron chi connectivity index (χ2n) is 15.4. The SMILES string of the molecule is CCCCC/C=C\C/C=C\CCCCCCCCCC(=O)OC[C@H](COP(=O)([O-])OCC[N+](C)(C)C)OC(=O)CCCCCCCCCCCCC. The van der Waals surface area contributed by atoms with E-state index in [1.54, 1.807) is 0 Å². The van der Waals surface area contributed by atoms with Gasteiger partial charge in [-0.15, -0.1) is 0 Å². The fourth-order valence-electron chi connectivity index (χ4n) is 5.63. The highest BCUT2D eigenvalue weighted by atomic mass is 31.2. The number of phosphoric ester groups is 1. The molecule has 0 heterocycles. The van der Waals surface area contributed by atoms with Gasteiger partial charge in [0.25, 0.3) is 7.82 Å². The third-order valence-electron chi connectivity index (χ3n) is 8.97. The van der Waals surface area contributed by atoms with E-state index in [0.29, 0.717) is 17.4 Å². The van der Waals surface area contributed by atoms with Gasteiger partial charge in [0.05, 0.1) is 27.7 Å². The maximum Gasteiger partial charge on any atom is 0.306 e. The van der Waals surface area contributed by atoms with E-state index in [9.17, 15) is 19.0 Å². The molecule has 2 atom stereocenters. The summed E-state index contributed by atoms with van der Waals surface area (Å²) in [6.45, 7) is 4.18. The Morgan fingerprint density at radius 3 is 1.56 bits per heavy atom. The van der Waals surface area contributed by atoms with Crippen molar-refractivity contribution in [3.63, 3.8) is 0 Å². The summed E-state index contributed by atoms with van der Waals surface area (Å²) < 4.78 is 33.8. The van der Waals surface area contributed by atoms with E-state index in [1.807, 2.05) is 21.1 Å². The van der Waals surface area contributed by atoms with Crippen molar-refractivity contribution in [3.05, 3.63) is 24.3 Å². The van der Waals surface area contributed by atoms with Crippen LogP contribution in [0, 0.1) is 0 Å². The van der Waals surface area contributed by atoms with Gasteiger partial charge in [0.1, 0.15) is 19.8 Å². The summed E-state index contributed by atoms with van der Waals surface area (Å²) in [5.74, 6) is -0.841. The Morgan fingerprint density at radius 2 is 1.04 bits per heavy atom. The summed E-state index contributed by atoms with van der Waals surface area (Å²) in [6, 6.07) is 0. The van der Waals surface area contributed by atoms with Crippen LogP contribution in [0.4, 0.5) is 0 Å². The maximum absolute atomic E-state index is 12.6. The zero-order chi connectivity index (χ0) is 38.6. The molecule has 0 rings (SSSR count). The van der Waals surface area contributed by atoms with Gasteiger partial charge in [-0.3, -0.25) is 14.2 Å². The van der Waals surface area contributed by atoms with Gasteiger partial charge in [0.15, 0.2) is 6.10 Å². The second kappa shape index (κ2) is 35.2. The van der Waals surface area contributed by atoms with Gasteiger partial charge in [-0.25, -0.2) is 0 Å². The van der Waals surface area contributed by atoms with E-state index < -0.39 is 32.5 Å². The molecule has 52 heavy (non-hydrogen) atoms. The number of unbranched alkanes of at least 4 members (excludes halogenated alkanes) is 20. The molecule has 10 heteroatoms. The Labute approximate surface area is 319 Å². The average Bonchev–Trinajstić information content (AvgIpc) is 3.09. The summed E-state index contributed by atoms with van der Waals surface area (Å²) in [4.78, 5) is 37.4. The summed E-state index contributed by atoms with van der Waals surface area (Å²) in [7, 11) is 1.16. The standard InChI is InChI=1S/C42H80NO8P/c1-6-8-10-12-14-16-18-19-20-21-22-23-25-26-28-30-32-34-41(44)48-38-40(39-50-52(46,47)49-37-36-43(3,4)5)51-42(45)35-33-31-29-27-24-17-15-13-11-9-7-2/h14,16,19-20,40H,6-13,15,17-18,21-39H2,1-5H3/b16-14-,20-19-/t40-/m1/s1. The predicted octanol–water partition coefficient (Wildman–Crippen LogP) is 10.9. The average molecular weight is 758 g/mol. The molecule has 0 aromatic heterocycles. The number of carbonyl (C=O) groups excluding carboxylic acids is 2. The number of likely N-dealkylation sites (N-methyl/N-ethyl adjacent to an activating group) is 1. The molecule has 0 aliphatic rings. The first-order valence-electron chi connectivity index (χ1n) is 21.0. The number of quaternary nitrogens is 1. The molecule has 0 spiro atoms. The number of esters is 2. The van der Waals surface area contributed by atoms with Crippen LogP contribution in [-0.4, -0.2) is 70.0 Å². The first-order chi connectivity index (χ1) is 25.0. The molecule has 0 saturated carbocycles. The Kier molecular flexibility index (Phi) is 34.2. The maximum atomic E-state index is 12.6. The van der Waals surface area contributed by atoms with Crippen molar-refractivity contribution in [1.82, 2.24) is 0 Å². The number of rotatable bonds is 38. The van der Waals surface area contributed by atoms with Crippen LogP contribution in [0.25, 0.3) is 0 Å². The molecular formula is C42H80NO8P. The molecule has 0 radical (unpaired) electrons. The molecule has 1 unspecified atom stereocenters. The van der Waals surface area contributed by atoms with Crippen molar-refractivity contribution in [2.45, 2.75) is 187 Å². The molecule has 0 aliphatic carbocycles. The molecule has 0 aliphatic heterocycles. The van der Waals surface area contributed by atoms with Gasteiger partial charge in [-0.05, 0) is 44.9 Å². The molecule has 306 valence electrons. The number of hydrogen-bond acceptors (Lipinski definition) is 8. The predicted molar refractivity (Wildman–Crippen MR) is 213 cm³/mol. The summed E-state index contributed by atoms with van der Waals surface area (Å²) in [5.41, 5.74) is 0. The first kappa shape index (κ1) is 50.5. The van der Waals surface area contributed by atoms with Gasteiger partial charge >= 0.3 is 11.9 Å². The van der Waals surface area contributed by atoms with Gasteiger partial charge in [0, 0.05) is 12.8 Å². The molecular weight excluding hydrogens is 677 g/mol. The van der Waals surface area contributed by atoms with Crippen molar-refractivity contribution < 1.29 is 42.1 Å². The smallest absolute Gasteiger partial charge is 0.306 e. The van der Waals surface area contributed by atoms with E-state index in [0.717, 1.165) is 57.8 Å². The molecule has 0 aromatic rings. The zero-order valence-electron chi connectivity index (χ0n) is 34.3. The highest BCUT2D eigenvalue weighted by Crippen LogP contribution is 2.38. The van der Waals surface area contributed by atoms with Gasteiger partial charge in [0.2, 0.25) is 0 Å². The van der Waals surface area contributed by atoms with Crippen molar-refractivity contribution in [3.8, 4) is 0 Å². The molecule has 0 N–H and O–H groups in total. The van der Waals surface area contributed by atoms with E-state index in [-0.39, 0.29) is 26.1 Å². The van der Waals surface area contributed by atoms with Gasteiger partial charge < -0.3 is 27.9 Å². The molecule has 0 aromatic carbocycles. The minimum absolute atomic E-state index is 0.0305. The Morgan fingerprint density at radius 1 is 0.596 bits per heavy atom. The molecule has 0 saturated heterocycles. The minimum atomic E-state index is -4.62.